The molecule has 2 fully saturated rings. The molecule has 1 atom stereocenters. The van der Waals surface area contributed by atoms with Crippen LogP contribution in [0.25, 0.3) is 5.76 Å². The summed E-state index contributed by atoms with van der Waals surface area (Å²) < 4.78 is 32.2. The first-order valence-corrected chi connectivity index (χ1v) is 15.5. The van der Waals surface area contributed by atoms with E-state index in [1.165, 1.54) is 43.3 Å². The van der Waals surface area contributed by atoms with Gasteiger partial charge in [-0.05, 0) is 24.6 Å². The molecule has 2 aromatic rings. The number of nitrogens with zero attached hydrogens (tertiary/aromatic N) is 4. The third-order valence-corrected chi connectivity index (χ3v) is 9.99. The van der Waals surface area contributed by atoms with Crippen LogP contribution in [0.5, 0.6) is 0 Å². The molecule has 1 N–H and O–H groups in total. The minimum absolute atomic E-state index is 0.0146. The van der Waals surface area contributed by atoms with Gasteiger partial charge in [0.1, 0.15) is 5.76 Å². The summed E-state index contributed by atoms with van der Waals surface area (Å²) >= 11 is 0. The highest BCUT2D eigenvalue weighted by Gasteiger charge is 2.67. The molecular formula is C30H36N4O7S. The topological polar surface area (TPSA) is 128 Å². The van der Waals surface area contributed by atoms with Gasteiger partial charge in [0, 0.05) is 57.9 Å². The van der Waals surface area contributed by atoms with Crippen LogP contribution < -0.4 is 4.90 Å². The van der Waals surface area contributed by atoms with Crippen molar-refractivity contribution < 1.29 is 32.6 Å². The molecule has 2 saturated heterocycles. The number of rotatable bonds is 9. The van der Waals surface area contributed by atoms with Gasteiger partial charge in [0.25, 0.3) is 17.6 Å². The van der Waals surface area contributed by atoms with Gasteiger partial charge in [-0.25, -0.2) is 12.7 Å². The lowest BCUT2D eigenvalue weighted by Crippen LogP contribution is -2.54. The van der Waals surface area contributed by atoms with Crippen molar-refractivity contribution in [2.45, 2.75) is 30.2 Å². The highest BCUT2D eigenvalue weighted by atomic mass is 32.2. The van der Waals surface area contributed by atoms with Crippen molar-refractivity contribution in [3.05, 3.63) is 65.2 Å². The first-order valence-electron chi connectivity index (χ1n) is 14.1. The summed E-state index contributed by atoms with van der Waals surface area (Å²) in [5.41, 5.74) is -1.23. The highest BCUT2D eigenvalue weighted by Crippen LogP contribution is 2.53. The van der Waals surface area contributed by atoms with E-state index in [1.54, 1.807) is 29.2 Å². The number of benzene rings is 2. The number of amides is 2. The molecule has 12 heteroatoms. The number of ether oxygens (including phenoxy) is 1. The monoisotopic (exact) mass is 596 g/mol. The van der Waals surface area contributed by atoms with Crippen LogP contribution in [-0.4, -0.2) is 105 Å². The molecular weight excluding hydrogens is 560 g/mol. The molecule has 0 radical (unpaired) electrons. The molecule has 3 aliphatic heterocycles. The second-order valence-corrected chi connectivity index (χ2v) is 13.0. The second-order valence-electron chi connectivity index (χ2n) is 10.8. The maximum absolute atomic E-state index is 14.6. The van der Waals surface area contributed by atoms with E-state index < -0.39 is 38.9 Å². The van der Waals surface area contributed by atoms with Crippen LogP contribution in [0.2, 0.25) is 0 Å². The summed E-state index contributed by atoms with van der Waals surface area (Å²) in [7, 11) is -1.09. The Morgan fingerprint density at radius 3 is 2.40 bits per heavy atom. The van der Waals surface area contributed by atoms with Gasteiger partial charge in [-0.2, -0.15) is 0 Å². The number of anilines is 1. The van der Waals surface area contributed by atoms with Crippen molar-refractivity contribution in [3.63, 3.8) is 0 Å². The Hall–Kier alpha value is -3.58. The SMILES string of the molecule is CCCCN1C(=O)C2(/C(=C(/O)c3cccc(S(=O)(=O)N(C)C)c3)C(=O)C(=O)N2CCN2CCOCC2)c2ccccc21. The molecule has 3 aliphatic rings. The fraction of sp³-hybridized carbons (Fsp3) is 0.433. The summed E-state index contributed by atoms with van der Waals surface area (Å²) in [5, 5.41) is 11.8. The number of sulfonamides is 1. The van der Waals surface area contributed by atoms with Gasteiger partial charge in [-0.1, -0.05) is 43.7 Å². The Morgan fingerprint density at radius 2 is 1.71 bits per heavy atom. The van der Waals surface area contributed by atoms with Gasteiger partial charge < -0.3 is 19.6 Å². The Balaban J connectivity index is 1.72. The number of Topliss-reactive ketones (excluding diaryl/α,β-unsaturated/α-hetero) is 1. The number of hydrogen-bond donors (Lipinski definition) is 1. The molecule has 0 aromatic heterocycles. The van der Waals surface area contributed by atoms with E-state index in [0.717, 1.165) is 10.7 Å². The standard InChI is InChI=1S/C30H36N4O7S/c1-4-5-13-33-24-12-7-6-11-23(24)30(29(33)38)25(26(35)21-9-8-10-22(20-21)42(39,40)31(2)3)27(36)28(37)34(30)15-14-32-16-18-41-19-17-32/h6-12,20,35H,4-5,13-19H2,1-3H3/b26-25+. The number of fused-ring (bicyclic) bond motifs is 2. The first-order chi connectivity index (χ1) is 20.1. The zero-order valence-corrected chi connectivity index (χ0v) is 24.9. The molecule has 1 unspecified atom stereocenters. The van der Waals surface area contributed by atoms with Gasteiger partial charge in [0.05, 0.1) is 29.4 Å². The number of para-hydroxylation sites is 1. The molecule has 3 heterocycles. The average Bonchev–Trinajstić information content (AvgIpc) is 3.37. The van der Waals surface area contributed by atoms with E-state index in [2.05, 4.69) is 4.90 Å². The molecule has 0 aliphatic carbocycles. The van der Waals surface area contributed by atoms with Crippen LogP contribution in [0, 0.1) is 0 Å². The fourth-order valence-electron chi connectivity index (χ4n) is 5.93. The van der Waals surface area contributed by atoms with Gasteiger partial charge in [0.15, 0.2) is 5.54 Å². The minimum Gasteiger partial charge on any atom is -0.507 e. The van der Waals surface area contributed by atoms with Gasteiger partial charge >= 0.3 is 0 Å². The number of morpholine rings is 1. The first kappa shape index (κ1) is 29.9. The predicted molar refractivity (Wildman–Crippen MR) is 156 cm³/mol. The smallest absolute Gasteiger partial charge is 0.296 e. The number of hydrogen-bond acceptors (Lipinski definition) is 8. The fourth-order valence-corrected chi connectivity index (χ4v) is 6.88. The second kappa shape index (κ2) is 11.6. The average molecular weight is 597 g/mol. The Morgan fingerprint density at radius 1 is 1.00 bits per heavy atom. The van der Waals surface area contributed by atoms with Crippen LogP contribution >= 0.6 is 0 Å². The van der Waals surface area contributed by atoms with E-state index >= 15 is 0 Å². The maximum Gasteiger partial charge on any atom is 0.296 e. The summed E-state index contributed by atoms with van der Waals surface area (Å²) in [6, 6.07) is 12.6. The van der Waals surface area contributed by atoms with Crippen LogP contribution in [0.3, 0.4) is 0 Å². The Labute approximate surface area is 246 Å². The van der Waals surface area contributed by atoms with Crippen molar-refractivity contribution in [2.24, 2.45) is 0 Å². The summed E-state index contributed by atoms with van der Waals surface area (Å²) in [5.74, 6) is -2.96. The molecule has 11 nitrogen and oxygen atoms in total. The van der Waals surface area contributed by atoms with Gasteiger partial charge in [-0.3, -0.25) is 19.3 Å². The zero-order chi connectivity index (χ0) is 30.2. The number of aliphatic hydroxyl groups excluding tert-OH is 1. The Kier molecular flexibility index (Phi) is 8.26. The largest absolute Gasteiger partial charge is 0.507 e. The van der Waals surface area contributed by atoms with Crippen molar-refractivity contribution >= 4 is 39.1 Å². The lowest BCUT2D eigenvalue weighted by Gasteiger charge is -2.36. The third kappa shape index (κ3) is 4.72. The van der Waals surface area contributed by atoms with E-state index in [-0.39, 0.29) is 22.6 Å². The third-order valence-electron chi connectivity index (χ3n) is 8.17. The summed E-state index contributed by atoms with van der Waals surface area (Å²) in [6.07, 6.45) is 1.51. The van der Waals surface area contributed by atoms with Crippen LogP contribution in [0.4, 0.5) is 5.69 Å². The molecule has 0 bridgehead atoms. The number of aliphatic hydroxyl groups is 1. The number of unbranched alkanes of at least 4 members (excludes halogenated alkanes) is 1. The van der Waals surface area contributed by atoms with E-state index in [4.69, 9.17) is 4.74 Å². The molecule has 2 aromatic carbocycles. The van der Waals surface area contributed by atoms with E-state index in [1.807, 2.05) is 6.92 Å². The molecule has 42 heavy (non-hydrogen) atoms. The van der Waals surface area contributed by atoms with Crippen molar-refractivity contribution in [3.8, 4) is 0 Å². The molecule has 224 valence electrons. The van der Waals surface area contributed by atoms with E-state index in [0.29, 0.717) is 57.1 Å². The summed E-state index contributed by atoms with van der Waals surface area (Å²) in [4.78, 5) is 47.2. The zero-order valence-electron chi connectivity index (χ0n) is 24.1. The van der Waals surface area contributed by atoms with Crippen LogP contribution in [0.1, 0.15) is 30.9 Å². The van der Waals surface area contributed by atoms with Crippen LogP contribution in [0.15, 0.2) is 59.0 Å². The lowest BCUT2D eigenvalue weighted by atomic mass is 9.82. The van der Waals surface area contributed by atoms with Gasteiger partial charge in [-0.15, -0.1) is 0 Å². The lowest BCUT2D eigenvalue weighted by molar-refractivity contribution is -0.144. The van der Waals surface area contributed by atoms with Crippen molar-refractivity contribution in [1.82, 2.24) is 14.1 Å². The van der Waals surface area contributed by atoms with Crippen molar-refractivity contribution in [2.75, 3.05) is 64.9 Å². The van der Waals surface area contributed by atoms with Crippen molar-refractivity contribution in [1.29, 1.82) is 0 Å². The Bertz CT molecular complexity index is 1550. The predicted octanol–water partition coefficient (Wildman–Crippen LogP) is 1.99. The number of carbonyl (C=O) groups excluding carboxylic acids is 3. The van der Waals surface area contributed by atoms with E-state index in [9.17, 15) is 27.9 Å². The molecule has 0 saturated carbocycles. The maximum atomic E-state index is 14.6. The molecule has 5 rings (SSSR count). The number of ketones is 1. The normalized spacial score (nSPS) is 22.5. The minimum atomic E-state index is -3.87. The molecule has 2 amide bonds. The quantitative estimate of drug-likeness (QED) is 0.265. The number of likely N-dealkylation sites (tertiary alicyclic amines) is 1. The number of carbonyl (C=O) groups is 3. The molecule has 1 spiro atoms. The summed E-state index contributed by atoms with van der Waals surface area (Å²) in [6.45, 7) is 5.24. The van der Waals surface area contributed by atoms with Gasteiger partial charge in [0.2, 0.25) is 10.0 Å². The van der Waals surface area contributed by atoms with Crippen LogP contribution in [-0.2, 0) is 34.7 Å². The highest BCUT2D eigenvalue weighted by molar-refractivity contribution is 7.89.